The van der Waals surface area contributed by atoms with Gasteiger partial charge in [0.05, 0.1) is 6.54 Å². The van der Waals surface area contributed by atoms with Gasteiger partial charge >= 0.3 is 0 Å². The molecule has 0 aromatic heterocycles. The molecule has 1 aliphatic heterocycles. The number of nitrogens with zero attached hydrogens (tertiary/aromatic N) is 2. The normalized spacial score (nSPS) is 17.7. The number of hydrogen-bond acceptors (Lipinski definition) is 2. The summed E-state index contributed by atoms with van der Waals surface area (Å²) in [5.41, 5.74) is 0. The number of rotatable bonds is 6. The van der Waals surface area contributed by atoms with Gasteiger partial charge in [0, 0.05) is 13.1 Å². The molecule has 0 saturated carbocycles. The smallest absolute Gasteiger partial charge is 0.237 e. The maximum Gasteiger partial charge on any atom is 0.237 e. The van der Waals surface area contributed by atoms with Crippen LogP contribution in [-0.2, 0) is 4.79 Å². The summed E-state index contributed by atoms with van der Waals surface area (Å²) in [7, 11) is 0. The van der Waals surface area contributed by atoms with Crippen LogP contribution in [0.4, 0.5) is 0 Å². The molecule has 0 unspecified atom stereocenters. The van der Waals surface area contributed by atoms with Crippen LogP contribution in [0, 0.1) is 5.92 Å². The van der Waals surface area contributed by atoms with E-state index >= 15 is 0 Å². The van der Waals surface area contributed by atoms with Gasteiger partial charge in [0.25, 0.3) is 0 Å². The van der Waals surface area contributed by atoms with Crippen molar-refractivity contribution >= 4 is 5.91 Å². The van der Waals surface area contributed by atoms with Crippen molar-refractivity contribution < 1.29 is 4.79 Å². The quantitative estimate of drug-likeness (QED) is 0.658. The summed E-state index contributed by atoms with van der Waals surface area (Å²) in [6.07, 6.45) is 5.94. The van der Waals surface area contributed by atoms with Gasteiger partial charge in [0.1, 0.15) is 0 Å². The molecule has 17 heavy (non-hydrogen) atoms. The number of carbonyl (C=O) groups excluding carboxylic acids is 1. The van der Waals surface area contributed by atoms with Crippen LogP contribution in [0.2, 0.25) is 0 Å². The number of piperidine rings is 1. The Morgan fingerprint density at radius 1 is 1.29 bits per heavy atom. The zero-order valence-electron chi connectivity index (χ0n) is 10.9. The van der Waals surface area contributed by atoms with E-state index in [0.29, 0.717) is 19.6 Å². The third-order valence-electron chi connectivity index (χ3n) is 3.29. The molecule has 0 N–H and O–H groups in total. The summed E-state index contributed by atoms with van der Waals surface area (Å²) < 4.78 is 0. The van der Waals surface area contributed by atoms with E-state index in [0.717, 1.165) is 19.0 Å². The van der Waals surface area contributed by atoms with Crippen LogP contribution in [0.15, 0.2) is 25.3 Å². The molecule has 0 spiro atoms. The van der Waals surface area contributed by atoms with Crippen molar-refractivity contribution in [3.05, 3.63) is 25.3 Å². The minimum atomic E-state index is 0.180. The highest BCUT2D eigenvalue weighted by atomic mass is 16.2. The molecule has 0 aromatic carbocycles. The van der Waals surface area contributed by atoms with E-state index in [-0.39, 0.29) is 5.91 Å². The van der Waals surface area contributed by atoms with Crippen molar-refractivity contribution in [1.82, 2.24) is 9.80 Å². The van der Waals surface area contributed by atoms with Crippen LogP contribution in [0.25, 0.3) is 0 Å². The van der Waals surface area contributed by atoms with Crippen LogP contribution < -0.4 is 0 Å². The molecule has 0 aromatic rings. The minimum Gasteiger partial charge on any atom is -0.334 e. The molecule has 0 radical (unpaired) electrons. The fourth-order valence-electron chi connectivity index (χ4n) is 2.10. The van der Waals surface area contributed by atoms with Gasteiger partial charge in [0.15, 0.2) is 0 Å². The molecule has 96 valence electrons. The molecule has 3 nitrogen and oxygen atoms in total. The van der Waals surface area contributed by atoms with Crippen molar-refractivity contribution in [3.63, 3.8) is 0 Å². The Bertz CT molecular complexity index is 257. The number of amides is 1. The first-order chi connectivity index (χ1) is 8.17. The molecular formula is C14H24N2O. The topological polar surface area (TPSA) is 23.6 Å². The van der Waals surface area contributed by atoms with E-state index < -0.39 is 0 Å². The monoisotopic (exact) mass is 236 g/mol. The van der Waals surface area contributed by atoms with Crippen LogP contribution in [-0.4, -0.2) is 48.4 Å². The van der Waals surface area contributed by atoms with Crippen molar-refractivity contribution in [3.8, 4) is 0 Å². The summed E-state index contributed by atoms with van der Waals surface area (Å²) >= 11 is 0. The first-order valence-corrected chi connectivity index (χ1v) is 6.39. The predicted molar refractivity (Wildman–Crippen MR) is 71.8 cm³/mol. The zero-order chi connectivity index (χ0) is 12.7. The fraction of sp³-hybridized carbons (Fsp3) is 0.643. The second kappa shape index (κ2) is 7.28. The maximum absolute atomic E-state index is 12.1. The molecule has 1 fully saturated rings. The number of hydrogen-bond donors (Lipinski definition) is 0. The summed E-state index contributed by atoms with van der Waals surface area (Å²) in [6.45, 7) is 13.5. The SMILES string of the molecule is C=CCN(CC=C)C(=O)CN1CCC(C)CC1. The van der Waals surface area contributed by atoms with Gasteiger partial charge in [-0.25, -0.2) is 0 Å². The lowest BCUT2D eigenvalue weighted by Gasteiger charge is -2.31. The van der Waals surface area contributed by atoms with Crippen LogP contribution in [0.1, 0.15) is 19.8 Å². The third-order valence-corrected chi connectivity index (χ3v) is 3.29. The van der Waals surface area contributed by atoms with E-state index in [4.69, 9.17) is 0 Å². The molecule has 0 aliphatic carbocycles. The second-order valence-electron chi connectivity index (χ2n) is 4.83. The van der Waals surface area contributed by atoms with Crippen LogP contribution in [0.5, 0.6) is 0 Å². The van der Waals surface area contributed by atoms with E-state index in [1.807, 2.05) is 0 Å². The first-order valence-electron chi connectivity index (χ1n) is 6.39. The van der Waals surface area contributed by atoms with E-state index in [1.165, 1.54) is 12.8 Å². The fourth-order valence-corrected chi connectivity index (χ4v) is 2.10. The van der Waals surface area contributed by atoms with E-state index in [2.05, 4.69) is 25.0 Å². The van der Waals surface area contributed by atoms with E-state index in [9.17, 15) is 4.79 Å². The molecule has 1 aliphatic rings. The van der Waals surface area contributed by atoms with Crippen molar-refractivity contribution in [2.75, 3.05) is 32.7 Å². The third kappa shape index (κ3) is 4.73. The van der Waals surface area contributed by atoms with Crippen LogP contribution >= 0.6 is 0 Å². The average molecular weight is 236 g/mol. The molecule has 0 bridgehead atoms. The number of carbonyl (C=O) groups is 1. The average Bonchev–Trinajstić information content (AvgIpc) is 2.32. The Kier molecular flexibility index (Phi) is 5.98. The highest BCUT2D eigenvalue weighted by Crippen LogP contribution is 2.15. The van der Waals surface area contributed by atoms with Crippen molar-refractivity contribution in [2.45, 2.75) is 19.8 Å². The molecule has 0 atom stereocenters. The highest BCUT2D eigenvalue weighted by molar-refractivity contribution is 5.78. The molecular weight excluding hydrogens is 212 g/mol. The van der Waals surface area contributed by atoms with Gasteiger partial charge in [-0.1, -0.05) is 19.1 Å². The molecule has 3 heteroatoms. The summed E-state index contributed by atoms with van der Waals surface area (Å²) in [4.78, 5) is 16.1. The second-order valence-corrected chi connectivity index (χ2v) is 4.83. The van der Waals surface area contributed by atoms with Crippen molar-refractivity contribution in [1.29, 1.82) is 0 Å². The zero-order valence-corrected chi connectivity index (χ0v) is 10.9. The Morgan fingerprint density at radius 3 is 2.29 bits per heavy atom. The molecule has 1 rings (SSSR count). The minimum absolute atomic E-state index is 0.180. The predicted octanol–water partition coefficient (Wildman–Crippen LogP) is 1.92. The Labute approximate surface area is 105 Å². The molecule has 1 heterocycles. The highest BCUT2D eigenvalue weighted by Gasteiger charge is 2.20. The largest absolute Gasteiger partial charge is 0.334 e. The van der Waals surface area contributed by atoms with Gasteiger partial charge in [-0.2, -0.15) is 0 Å². The van der Waals surface area contributed by atoms with Gasteiger partial charge in [-0.05, 0) is 31.8 Å². The Hall–Kier alpha value is -1.09. The van der Waals surface area contributed by atoms with Crippen molar-refractivity contribution in [2.24, 2.45) is 5.92 Å². The molecule has 1 saturated heterocycles. The Morgan fingerprint density at radius 2 is 1.82 bits per heavy atom. The lowest BCUT2D eigenvalue weighted by Crippen LogP contribution is -2.43. The van der Waals surface area contributed by atoms with Gasteiger partial charge in [-0.15, -0.1) is 13.2 Å². The summed E-state index contributed by atoms with van der Waals surface area (Å²) in [5.74, 6) is 0.984. The van der Waals surface area contributed by atoms with Gasteiger partial charge in [0.2, 0.25) is 5.91 Å². The van der Waals surface area contributed by atoms with E-state index in [1.54, 1.807) is 17.1 Å². The Balaban J connectivity index is 2.40. The van der Waals surface area contributed by atoms with Gasteiger partial charge in [-0.3, -0.25) is 9.69 Å². The summed E-state index contributed by atoms with van der Waals surface area (Å²) in [5, 5.41) is 0. The van der Waals surface area contributed by atoms with Crippen LogP contribution in [0.3, 0.4) is 0 Å². The summed E-state index contributed by atoms with van der Waals surface area (Å²) in [6, 6.07) is 0. The van der Waals surface area contributed by atoms with Gasteiger partial charge < -0.3 is 4.90 Å². The lowest BCUT2D eigenvalue weighted by molar-refractivity contribution is -0.131. The maximum atomic E-state index is 12.1. The first kappa shape index (κ1) is 14.0. The number of likely N-dealkylation sites (tertiary alicyclic amines) is 1. The lowest BCUT2D eigenvalue weighted by atomic mass is 9.99. The standard InChI is InChI=1S/C14H24N2O/c1-4-8-16(9-5-2)14(17)12-15-10-6-13(3)7-11-15/h4-5,13H,1-2,6-12H2,3H3. The molecule has 1 amide bonds.